The molecule has 1 rings (SSSR count). The molecular formula is C13H18N2O2. The Hall–Kier alpha value is -1.68. The van der Waals surface area contributed by atoms with Crippen LogP contribution in [0.15, 0.2) is 24.3 Å². The number of imide groups is 1. The van der Waals surface area contributed by atoms with Gasteiger partial charge in [-0.15, -0.1) is 0 Å². The predicted octanol–water partition coefficient (Wildman–Crippen LogP) is 0.871. The predicted molar refractivity (Wildman–Crippen MR) is 66.3 cm³/mol. The van der Waals surface area contributed by atoms with Gasteiger partial charge < -0.3 is 5.73 Å². The van der Waals surface area contributed by atoms with Crippen molar-refractivity contribution in [2.24, 2.45) is 5.73 Å². The summed E-state index contributed by atoms with van der Waals surface area (Å²) in [5.74, 6) is -0.459. The van der Waals surface area contributed by atoms with Crippen molar-refractivity contribution in [2.45, 2.75) is 20.3 Å². The highest BCUT2D eigenvalue weighted by Gasteiger charge is 2.16. The molecule has 4 nitrogen and oxygen atoms in total. The molecule has 2 N–H and O–H groups in total. The van der Waals surface area contributed by atoms with Gasteiger partial charge in [0.2, 0.25) is 11.8 Å². The lowest BCUT2D eigenvalue weighted by Crippen LogP contribution is -2.39. The van der Waals surface area contributed by atoms with E-state index in [1.54, 1.807) is 0 Å². The van der Waals surface area contributed by atoms with E-state index in [-0.39, 0.29) is 24.8 Å². The van der Waals surface area contributed by atoms with Gasteiger partial charge in [0.05, 0.1) is 6.42 Å². The highest BCUT2D eigenvalue weighted by molar-refractivity contribution is 5.95. The third-order valence-corrected chi connectivity index (χ3v) is 2.51. The van der Waals surface area contributed by atoms with Crippen LogP contribution in [-0.4, -0.2) is 29.8 Å². The smallest absolute Gasteiger partial charge is 0.233 e. The van der Waals surface area contributed by atoms with Crippen LogP contribution in [0.25, 0.3) is 0 Å². The normalized spacial score (nSPS) is 10.1. The van der Waals surface area contributed by atoms with Gasteiger partial charge in [-0.2, -0.15) is 0 Å². The topological polar surface area (TPSA) is 63.4 Å². The first-order valence-electron chi connectivity index (χ1n) is 5.61. The van der Waals surface area contributed by atoms with Gasteiger partial charge in [0.25, 0.3) is 0 Å². The highest BCUT2D eigenvalue weighted by atomic mass is 16.2. The standard InChI is InChI=1S/C13H18N2O2/c1-10-3-5-12(6-4-10)9-13(17)15(8-7-14)11(2)16/h3-6H,7-9,14H2,1-2H3. The fraction of sp³-hybridized carbons (Fsp3) is 0.385. The lowest BCUT2D eigenvalue weighted by Gasteiger charge is -2.18. The number of rotatable bonds is 4. The van der Waals surface area contributed by atoms with Crippen LogP contribution in [-0.2, 0) is 16.0 Å². The molecule has 1 aromatic rings. The Morgan fingerprint density at radius 2 is 1.82 bits per heavy atom. The molecule has 17 heavy (non-hydrogen) atoms. The molecule has 0 radical (unpaired) electrons. The van der Waals surface area contributed by atoms with Crippen LogP contribution in [0.2, 0.25) is 0 Å². The minimum Gasteiger partial charge on any atom is -0.329 e. The Bertz CT molecular complexity index is 398. The first-order valence-corrected chi connectivity index (χ1v) is 5.61. The van der Waals surface area contributed by atoms with E-state index in [4.69, 9.17) is 5.73 Å². The first-order chi connectivity index (χ1) is 8.04. The summed E-state index contributed by atoms with van der Waals surface area (Å²) in [6.45, 7) is 3.93. The molecule has 0 saturated carbocycles. The summed E-state index contributed by atoms with van der Waals surface area (Å²) < 4.78 is 0. The zero-order valence-electron chi connectivity index (χ0n) is 10.3. The molecule has 0 heterocycles. The third kappa shape index (κ3) is 4.00. The minimum atomic E-state index is -0.257. The molecule has 0 fully saturated rings. The van der Waals surface area contributed by atoms with Crippen molar-refractivity contribution in [1.29, 1.82) is 0 Å². The fourth-order valence-electron chi connectivity index (χ4n) is 1.56. The number of carbonyl (C=O) groups is 2. The fourth-order valence-corrected chi connectivity index (χ4v) is 1.56. The summed E-state index contributed by atoms with van der Waals surface area (Å²) in [7, 11) is 0. The van der Waals surface area contributed by atoms with E-state index in [0.29, 0.717) is 6.54 Å². The Labute approximate surface area is 101 Å². The summed E-state index contributed by atoms with van der Waals surface area (Å²) in [5.41, 5.74) is 7.42. The van der Waals surface area contributed by atoms with Gasteiger partial charge in [0.1, 0.15) is 0 Å². The van der Waals surface area contributed by atoms with Crippen LogP contribution in [0.5, 0.6) is 0 Å². The second-order valence-electron chi connectivity index (χ2n) is 4.02. The van der Waals surface area contributed by atoms with E-state index in [0.717, 1.165) is 11.1 Å². The number of hydrogen-bond donors (Lipinski definition) is 1. The van der Waals surface area contributed by atoms with E-state index >= 15 is 0 Å². The maximum Gasteiger partial charge on any atom is 0.233 e. The van der Waals surface area contributed by atoms with Gasteiger partial charge >= 0.3 is 0 Å². The van der Waals surface area contributed by atoms with Gasteiger partial charge in [-0.25, -0.2) is 0 Å². The molecule has 2 amide bonds. The Kier molecular flexibility index (Phi) is 4.84. The molecule has 92 valence electrons. The van der Waals surface area contributed by atoms with E-state index in [9.17, 15) is 9.59 Å². The quantitative estimate of drug-likeness (QED) is 0.840. The van der Waals surface area contributed by atoms with Gasteiger partial charge in [-0.05, 0) is 12.5 Å². The molecule has 0 saturated heterocycles. The van der Waals surface area contributed by atoms with Gasteiger partial charge in [-0.3, -0.25) is 14.5 Å². The van der Waals surface area contributed by atoms with E-state index in [1.165, 1.54) is 11.8 Å². The highest BCUT2D eigenvalue weighted by Crippen LogP contribution is 2.06. The molecule has 0 unspecified atom stereocenters. The van der Waals surface area contributed by atoms with Crippen molar-refractivity contribution in [3.05, 3.63) is 35.4 Å². The van der Waals surface area contributed by atoms with Gasteiger partial charge in [0, 0.05) is 20.0 Å². The largest absolute Gasteiger partial charge is 0.329 e. The van der Waals surface area contributed by atoms with Crippen molar-refractivity contribution in [3.8, 4) is 0 Å². The molecule has 0 aliphatic rings. The van der Waals surface area contributed by atoms with Gasteiger partial charge in [-0.1, -0.05) is 29.8 Å². The number of amides is 2. The van der Waals surface area contributed by atoms with E-state index in [1.807, 2.05) is 31.2 Å². The number of nitrogens with two attached hydrogens (primary N) is 1. The van der Waals surface area contributed by atoms with Crippen molar-refractivity contribution in [2.75, 3.05) is 13.1 Å². The molecule has 0 bridgehead atoms. The Morgan fingerprint density at radius 3 is 2.29 bits per heavy atom. The molecular weight excluding hydrogens is 216 g/mol. The van der Waals surface area contributed by atoms with Crippen molar-refractivity contribution in [1.82, 2.24) is 4.90 Å². The SMILES string of the molecule is CC(=O)N(CCN)C(=O)Cc1ccc(C)cc1. The zero-order chi connectivity index (χ0) is 12.8. The number of benzene rings is 1. The Morgan fingerprint density at radius 1 is 1.24 bits per heavy atom. The van der Waals surface area contributed by atoms with Crippen LogP contribution in [0, 0.1) is 6.92 Å². The van der Waals surface area contributed by atoms with Crippen LogP contribution >= 0.6 is 0 Å². The molecule has 0 atom stereocenters. The van der Waals surface area contributed by atoms with Crippen LogP contribution in [0.3, 0.4) is 0 Å². The second-order valence-corrected chi connectivity index (χ2v) is 4.02. The lowest BCUT2D eigenvalue weighted by atomic mass is 10.1. The zero-order valence-corrected chi connectivity index (χ0v) is 10.3. The average molecular weight is 234 g/mol. The summed E-state index contributed by atoms with van der Waals surface area (Å²) in [6.07, 6.45) is 0.236. The van der Waals surface area contributed by atoms with Crippen LogP contribution < -0.4 is 5.73 Å². The van der Waals surface area contributed by atoms with Crippen molar-refractivity contribution >= 4 is 11.8 Å². The summed E-state index contributed by atoms with van der Waals surface area (Å²) in [6, 6.07) is 7.69. The number of nitrogens with zero attached hydrogens (tertiary/aromatic N) is 1. The maximum atomic E-state index is 11.9. The molecule has 0 spiro atoms. The van der Waals surface area contributed by atoms with Gasteiger partial charge in [0.15, 0.2) is 0 Å². The van der Waals surface area contributed by atoms with Crippen molar-refractivity contribution in [3.63, 3.8) is 0 Å². The average Bonchev–Trinajstić information content (AvgIpc) is 2.28. The van der Waals surface area contributed by atoms with Crippen LogP contribution in [0.4, 0.5) is 0 Å². The maximum absolute atomic E-state index is 11.9. The van der Waals surface area contributed by atoms with Crippen molar-refractivity contribution < 1.29 is 9.59 Å². The lowest BCUT2D eigenvalue weighted by molar-refractivity contribution is -0.142. The summed E-state index contributed by atoms with van der Waals surface area (Å²) in [4.78, 5) is 24.3. The van der Waals surface area contributed by atoms with Crippen LogP contribution in [0.1, 0.15) is 18.1 Å². The first kappa shape index (κ1) is 13.4. The summed E-state index contributed by atoms with van der Waals surface area (Å²) in [5, 5.41) is 0. The molecule has 0 aliphatic carbocycles. The number of carbonyl (C=O) groups excluding carboxylic acids is 2. The third-order valence-electron chi connectivity index (χ3n) is 2.51. The molecule has 0 aliphatic heterocycles. The number of aryl methyl sites for hydroxylation is 1. The number of hydrogen-bond acceptors (Lipinski definition) is 3. The minimum absolute atomic E-state index is 0.202. The molecule has 1 aromatic carbocycles. The molecule has 4 heteroatoms. The monoisotopic (exact) mass is 234 g/mol. The summed E-state index contributed by atoms with van der Waals surface area (Å²) >= 11 is 0. The van der Waals surface area contributed by atoms with E-state index in [2.05, 4.69) is 0 Å². The Balaban J connectivity index is 2.69. The molecule has 0 aromatic heterocycles. The second kappa shape index (κ2) is 6.15. The van der Waals surface area contributed by atoms with E-state index < -0.39 is 0 Å².